The highest BCUT2D eigenvalue weighted by Gasteiger charge is 2.59. The van der Waals surface area contributed by atoms with Gasteiger partial charge in [0.25, 0.3) is 11.8 Å². The zero-order valence-electron chi connectivity index (χ0n) is 35.9. The number of likely N-dealkylation sites (tertiary alicyclic amines) is 1. The minimum Gasteiger partial charge on any atom is -0.333 e. The first-order chi connectivity index (χ1) is 26.8. The Morgan fingerprint density at radius 3 is 1.31 bits per heavy atom. The summed E-state index contributed by atoms with van der Waals surface area (Å²) in [5.74, 6) is -1.27. The van der Waals surface area contributed by atoms with E-state index in [0.717, 1.165) is 103 Å². The van der Waals surface area contributed by atoms with Crippen molar-refractivity contribution in [1.82, 2.24) is 14.7 Å². The van der Waals surface area contributed by atoms with Gasteiger partial charge in [-0.25, -0.2) is 0 Å². The highest BCUT2D eigenvalue weighted by molar-refractivity contribution is 6.08. The summed E-state index contributed by atoms with van der Waals surface area (Å²) in [7, 11) is 6.13. The van der Waals surface area contributed by atoms with E-state index in [4.69, 9.17) is 9.47 Å². The molecule has 2 aliphatic heterocycles. The Kier molecular flexibility index (Phi) is 27.8. The maximum Gasteiger partial charge on any atom is 0.261 e. The molecule has 0 aromatic carbocycles. The number of allylic oxidation sites excluding steroid dienone is 12. The van der Waals surface area contributed by atoms with Crippen LogP contribution in [0.5, 0.6) is 0 Å². The highest BCUT2D eigenvalue weighted by atomic mass is 16.8. The summed E-state index contributed by atoms with van der Waals surface area (Å²) in [4.78, 5) is 32.6. The van der Waals surface area contributed by atoms with E-state index in [1.165, 1.54) is 56.3 Å². The third kappa shape index (κ3) is 22.1. The maximum atomic E-state index is 13.5. The van der Waals surface area contributed by atoms with Crippen molar-refractivity contribution in [2.45, 2.75) is 173 Å². The molecular weight excluding hydrogens is 683 g/mol. The monoisotopic (exact) mass is 764 g/mol. The first-order valence-corrected chi connectivity index (χ1v) is 22.3. The fourth-order valence-corrected chi connectivity index (χ4v) is 7.10. The van der Waals surface area contributed by atoms with Crippen molar-refractivity contribution < 1.29 is 19.1 Å². The molecule has 0 aromatic rings. The van der Waals surface area contributed by atoms with Crippen LogP contribution < -0.4 is 0 Å². The Bertz CT molecular complexity index is 1110. The van der Waals surface area contributed by atoms with E-state index in [9.17, 15) is 9.59 Å². The molecule has 0 aromatic heterocycles. The van der Waals surface area contributed by atoms with Gasteiger partial charge in [-0.05, 0) is 98.2 Å². The van der Waals surface area contributed by atoms with E-state index in [2.05, 4.69) is 96.6 Å². The Morgan fingerprint density at radius 1 is 0.509 bits per heavy atom. The van der Waals surface area contributed by atoms with Crippen LogP contribution in [0.2, 0.25) is 0 Å². The molecule has 0 aliphatic carbocycles. The van der Waals surface area contributed by atoms with Crippen LogP contribution in [0.4, 0.5) is 0 Å². The third-order valence-electron chi connectivity index (χ3n) is 10.5. The average Bonchev–Trinajstić information content (AvgIpc) is 3.65. The zero-order chi connectivity index (χ0) is 39.8. The predicted octanol–water partition coefficient (Wildman–Crippen LogP) is 11.3. The molecule has 312 valence electrons. The van der Waals surface area contributed by atoms with Gasteiger partial charge in [-0.2, -0.15) is 0 Å². The number of unbranched alkanes of at least 4 members (excludes halogenated alkanes) is 12. The molecule has 0 N–H and O–H groups in total. The van der Waals surface area contributed by atoms with Gasteiger partial charge in [0, 0.05) is 39.0 Å². The molecule has 2 rings (SSSR count). The summed E-state index contributed by atoms with van der Waals surface area (Å²) in [6.07, 6.45) is 49.6. The Morgan fingerprint density at radius 2 is 0.891 bits per heavy atom. The molecular formula is C48H81N3O4. The minimum atomic E-state index is -0.827. The normalized spacial score (nSPS) is 19.0. The van der Waals surface area contributed by atoms with E-state index in [1.54, 1.807) is 0 Å². The number of carbonyl (C=O) groups is 2. The lowest BCUT2D eigenvalue weighted by atomic mass is 9.98. The molecule has 7 heteroatoms. The van der Waals surface area contributed by atoms with Gasteiger partial charge >= 0.3 is 0 Å². The number of ether oxygens (including phenoxy) is 2. The fourth-order valence-electron chi connectivity index (χ4n) is 7.10. The van der Waals surface area contributed by atoms with Crippen LogP contribution in [0, 0.1) is 0 Å². The lowest BCUT2D eigenvalue weighted by Crippen LogP contribution is -2.43. The van der Waals surface area contributed by atoms with Gasteiger partial charge in [0.15, 0.2) is 18.0 Å². The van der Waals surface area contributed by atoms with Gasteiger partial charge in [-0.15, -0.1) is 0 Å². The van der Waals surface area contributed by atoms with Gasteiger partial charge in [-0.1, -0.05) is 138 Å². The van der Waals surface area contributed by atoms with Crippen LogP contribution in [0.3, 0.4) is 0 Å². The SMILES string of the molecule is CC/C=C\C/C=C\C/C=C\CCCCCCCCC1(CCCCCCCC/C=C\C/C=C\C/C=C\CC)OC2C(=O)N(CCN(C)CCN(C)C)C(=O)C2O1. The van der Waals surface area contributed by atoms with Gasteiger partial charge in [0.2, 0.25) is 0 Å². The molecule has 2 atom stereocenters. The fraction of sp³-hybridized carbons (Fsp3) is 0.708. The largest absolute Gasteiger partial charge is 0.333 e. The zero-order valence-corrected chi connectivity index (χ0v) is 35.9. The Labute approximate surface area is 338 Å². The van der Waals surface area contributed by atoms with Crippen LogP contribution in [0.15, 0.2) is 72.9 Å². The number of likely N-dealkylation sites (N-methyl/N-ethyl adjacent to an activating group) is 2. The molecule has 2 unspecified atom stereocenters. The Balaban J connectivity index is 1.74. The summed E-state index contributed by atoms with van der Waals surface area (Å²) < 4.78 is 13.1. The molecule has 2 amide bonds. The quantitative estimate of drug-likeness (QED) is 0.0369. The van der Waals surface area contributed by atoms with Crippen molar-refractivity contribution in [3.63, 3.8) is 0 Å². The lowest BCUT2D eigenvalue weighted by molar-refractivity contribution is -0.199. The topological polar surface area (TPSA) is 62.3 Å². The summed E-state index contributed by atoms with van der Waals surface area (Å²) in [6, 6.07) is 0. The highest BCUT2D eigenvalue weighted by Crippen LogP contribution is 2.41. The summed E-state index contributed by atoms with van der Waals surface area (Å²) in [5.41, 5.74) is 0. The molecule has 0 spiro atoms. The second-order valence-corrected chi connectivity index (χ2v) is 15.8. The number of rotatable bonds is 34. The third-order valence-corrected chi connectivity index (χ3v) is 10.5. The molecule has 2 fully saturated rings. The van der Waals surface area contributed by atoms with E-state index < -0.39 is 18.0 Å². The summed E-state index contributed by atoms with van der Waals surface area (Å²) >= 11 is 0. The van der Waals surface area contributed by atoms with Gasteiger partial charge in [0.1, 0.15) is 0 Å². The number of fused-ring (bicyclic) bond motifs is 1. The van der Waals surface area contributed by atoms with Gasteiger partial charge in [0.05, 0.1) is 0 Å². The predicted molar refractivity (Wildman–Crippen MR) is 233 cm³/mol. The molecule has 2 aliphatic rings. The number of nitrogens with zero attached hydrogens (tertiary/aromatic N) is 3. The van der Waals surface area contributed by atoms with Crippen LogP contribution in [-0.2, 0) is 19.1 Å². The molecule has 2 heterocycles. The maximum absolute atomic E-state index is 13.5. The van der Waals surface area contributed by atoms with Crippen molar-refractivity contribution in [2.75, 3.05) is 47.3 Å². The molecule has 7 nitrogen and oxygen atoms in total. The van der Waals surface area contributed by atoms with Crippen molar-refractivity contribution in [3.05, 3.63) is 72.9 Å². The van der Waals surface area contributed by atoms with Crippen LogP contribution in [0.1, 0.15) is 155 Å². The molecule has 0 bridgehead atoms. The van der Waals surface area contributed by atoms with Crippen LogP contribution in [0.25, 0.3) is 0 Å². The molecule has 0 radical (unpaired) electrons. The first-order valence-electron chi connectivity index (χ1n) is 22.3. The standard InChI is InChI=1S/C48H81N3O4/c1-6-8-10-12-14-16-18-20-22-24-26-28-30-32-34-36-38-48(39-37-35-33-31-29-27-25-23-21-19-17-15-13-11-9-7-2)54-44-45(55-48)47(53)51(46(44)52)43-42-50(5)41-40-49(3)4/h8-11,14-17,20-23,44-45H,6-7,12-13,18-19,24-43H2,1-5H3/b10-8-,11-9-,16-14-,17-15-,22-20-,23-21-. The van der Waals surface area contributed by atoms with Crippen molar-refractivity contribution in [1.29, 1.82) is 0 Å². The lowest BCUT2D eigenvalue weighted by Gasteiger charge is -2.30. The average molecular weight is 764 g/mol. The van der Waals surface area contributed by atoms with Crippen molar-refractivity contribution >= 4 is 11.8 Å². The van der Waals surface area contributed by atoms with Gasteiger partial charge < -0.3 is 19.3 Å². The summed E-state index contributed by atoms with van der Waals surface area (Å²) in [6.45, 7) is 7.16. The van der Waals surface area contributed by atoms with E-state index >= 15 is 0 Å². The van der Waals surface area contributed by atoms with Crippen molar-refractivity contribution in [3.8, 4) is 0 Å². The Hall–Kier alpha value is -2.58. The van der Waals surface area contributed by atoms with Crippen LogP contribution in [-0.4, -0.2) is 91.8 Å². The van der Waals surface area contributed by atoms with E-state index in [-0.39, 0.29) is 11.8 Å². The van der Waals surface area contributed by atoms with E-state index in [1.807, 2.05) is 21.1 Å². The minimum absolute atomic E-state index is 0.221. The second kappa shape index (κ2) is 31.5. The van der Waals surface area contributed by atoms with Crippen LogP contribution >= 0.6 is 0 Å². The molecule has 55 heavy (non-hydrogen) atoms. The molecule has 2 saturated heterocycles. The van der Waals surface area contributed by atoms with E-state index in [0.29, 0.717) is 13.1 Å². The number of hydrogen-bond acceptors (Lipinski definition) is 6. The summed E-state index contributed by atoms with van der Waals surface area (Å²) in [5, 5.41) is 0. The van der Waals surface area contributed by atoms with Gasteiger partial charge in [-0.3, -0.25) is 14.5 Å². The smallest absolute Gasteiger partial charge is 0.261 e. The number of imide groups is 1. The number of hydrogen-bond donors (Lipinski definition) is 0. The number of amides is 2. The second-order valence-electron chi connectivity index (χ2n) is 15.8. The molecule has 0 saturated carbocycles. The first kappa shape index (κ1) is 48.6. The number of carbonyl (C=O) groups excluding carboxylic acids is 2. The van der Waals surface area contributed by atoms with Crippen molar-refractivity contribution in [2.24, 2.45) is 0 Å².